The van der Waals surface area contributed by atoms with Gasteiger partial charge in [0.2, 0.25) is 0 Å². The highest BCUT2D eigenvalue weighted by atomic mass is 35.5. The van der Waals surface area contributed by atoms with Crippen LogP contribution < -0.4 is 0 Å². The van der Waals surface area contributed by atoms with Gasteiger partial charge in [-0.15, -0.1) is 0 Å². The molecule has 0 radical (unpaired) electrons. The normalized spacial score (nSPS) is 11.4. The van der Waals surface area contributed by atoms with Crippen LogP contribution in [0.4, 0.5) is 0 Å². The number of benzene rings is 1. The first-order valence-electron chi connectivity index (χ1n) is 5.20. The number of hydrogen-bond acceptors (Lipinski definition) is 3. The zero-order chi connectivity index (χ0) is 12.7. The number of rotatable bonds is 5. The molecule has 92 valence electrons. The van der Waals surface area contributed by atoms with Gasteiger partial charge in [0.05, 0.1) is 20.3 Å². The number of methoxy groups -OCH3 is 1. The van der Waals surface area contributed by atoms with Crippen LogP contribution in [0.25, 0.3) is 0 Å². The van der Waals surface area contributed by atoms with Gasteiger partial charge in [0.1, 0.15) is 0 Å². The second-order valence-electron chi connectivity index (χ2n) is 3.52. The first kappa shape index (κ1) is 13.7. The van der Waals surface area contributed by atoms with Crippen molar-refractivity contribution in [1.29, 1.82) is 0 Å². The second-order valence-corrected chi connectivity index (χ2v) is 3.96. The largest absolute Gasteiger partial charge is 0.466 e. The third-order valence-electron chi connectivity index (χ3n) is 2.17. The van der Waals surface area contributed by atoms with Crippen molar-refractivity contribution in [2.45, 2.75) is 13.5 Å². The summed E-state index contributed by atoms with van der Waals surface area (Å²) in [4.78, 5) is 11.1. The van der Waals surface area contributed by atoms with Crippen molar-refractivity contribution in [3.8, 4) is 0 Å². The molecule has 0 unspecified atom stereocenters. The van der Waals surface area contributed by atoms with Gasteiger partial charge >= 0.3 is 5.97 Å². The van der Waals surface area contributed by atoms with E-state index in [1.54, 1.807) is 13.0 Å². The van der Waals surface area contributed by atoms with Crippen LogP contribution >= 0.6 is 11.6 Å². The maximum Gasteiger partial charge on any atom is 0.333 e. The molecule has 0 N–H and O–H groups in total. The number of halogens is 1. The molecule has 0 spiro atoms. The summed E-state index contributed by atoms with van der Waals surface area (Å²) in [5.74, 6) is -0.337. The molecule has 4 heteroatoms. The van der Waals surface area contributed by atoms with Crippen molar-refractivity contribution in [1.82, 2.24) is 0 Å². The minimum absolute atomic E-state index is 0.337. The fraction of sp³-hybridized carbons (Fsp3) is 0.308. The Labute approximate surface area is 106 Å². The van der Waals surface area contributed by atoms with Crippen molar-refractivity contribution in [2.75, 3.05) is 13.7 Å². The van der Waals surface area contributed by atoms with Gasteiger partial charge in [-0.05, 0) is 30.7 Å². The van der Waals surface area contributed by atoms with Crippen LogP contribution in [0.5, 0.6) is 0 Å². The molecule has 0 fully saturated rings. The summed E-state index contributed by atoms with van der Waals surface area (Å²) in [6.45, 7) is 2.52. The summed E-state index contributed by atoms with van der Waals surface area (Å²) in [6, 6.07) is 7.46. The zero-order valence-corrected chi connectivity index (χ0v) is 10.7. The molecule has 3 nitrogen and oxygen atoms in total. The standard InChI is InChI=1S/C13H15ClO3/c1-10(13(15)16-2)6-7-17-9-11-4-3-5-12(14)8-11/h3-6,8H,7,9H2,1-2H3. The Bertz CT molecular complexity index is 413. The number of ether oxygens (including phenoxy) is 2. The Hall–Kier alpha value is -1.32. The van der Waals surface area contributed by atoms with Gasteiger partial charge in [-0.25, -0.2) is 4.79 Å². The highest BCUT2D eigenvalue weighted by Crippen LogP contribution is 2.11. The van der Waals surface area contributed by atoms with E-state index >= 15 is 0 Å². The van der Waals surface area contributed by atoms with Gasteiger partial charge in [0, 0.05) is 10.6 Å². The van der Waals surface area contributed by atoms with E-state index in [1.807, 2.05) is 24.3 Å². The lowest BCUT2D eigenvalue weighted by Crippen LogP contribution is -2.03. The number of carbonyl (C=O) groups is 1. The predicted molar refractivity (Wildman–Crippen MR) is 66.9 cm³/mol. The fourth-order valence-electron chi connectivity index (χ4n) is 1.23. The molecule has 0 heterocycles. The SMILES string of the molecule is COC(=O)C(C)=CCOCc1cccc(Cl)c1. The van der Waals surface area contributed by atoms with Crippen LogP contribution in [-0.2, 0) is 20.9 Å². The minimum Gasteiger partial charge on any atom is -0.466 e. The second kappa shape index (κ2) is 7.09. The molecule has 1 aromatic carbocycles. The molecule has 0 saturated heterocycles. The average molecular weight is 255 g/mol. The van der Waals surface area contributed by atoms with E-state index in [1.165, 1.54) is 7.11 Å². The lowest BCUT2D eigenvalue weighted by Gasteiger charge is -2.03. The maximum atomic E-state index is 11.1. The summed E-state index contributed by atoms with van der Waals surface area (Å²) in [5.41, 5.74) is 1.54. The van der Waals surface area contributed by atoms with Crippen LogP contribution in [-0.4, -0.2) is 19.7 Å². The van der Waals surface area contributed by atoms with Gasteiger partial charge < -0.3 is 9.47 Å². The molecule has 0 amide bonds. The van der Waals surface area contributed by atoms with Crippen molar-refractivity contribution in [2.24, 2.45) is 0 Å². The van der Waals surface area contributed by atoms with Crippen LogP contribution in [0.1, 0.15) is 12.5 Å². The van der Waals surface area contributed by atoms with E-state index < -0.39 is 0 Å². The van der Waals surface area contributed by atoms with Gasteiger partial charge in [0.15, 0.2) is 0 Å². The maximum absolute atomic E-state index is 11.1. The molecule has 17 heavy (non-hydrogen) atoms. The average Bonchev–Trinajstić information content (AvgIpc) is 2.33. The van der Waals surface area contributed by atoms with Gasteiger partial charge in [-0.1, -0.05) is 23.7 Å². The van der Waals surface area contributed by atoms with Gasteiger partial charge in [-0.3, -0.25) is 0 Å². The molecule has 0 bridgehead atoms. The first-order valence-corrected chi connectivity index (χ1v) is 5.58. The Morgan fingerprint density at radius 3 is 2.88 bits per heavy atom. The summed E-state index contributed by atoms with van der Waals surface area (Å²) in [7, 11) is 1.35. The van der Waals surface area contributed by atoms with E-state index in [9.17, 15) is 4.79 Å². The monoisotopic (exact) mass is 254 g/mol. The van der Waals surface area contributed by atoms with Crippen LogP contribution in [0, 0.1) is 0 Å². The molecule has 0 aromatic heterocycles. The van der Waals surface area contributed by atoms with Crippen molar-refractivity contribution >= 4 is 17.6 Å². The Balaban J connectivity index is 2.36. The summed E-state index contributed by atoms with van der Waals surface area (Å²) >= 11 is 5.84. The molecule has 1 aromatic rings. The molecule has 0 aliphatic carbocycles. The quantitative estimate of drug-likeness (QED) is 0.460. The lowest BCUT2D eigenvalue weighted by atomic mass is 10.2. The zero-order valence-electron chi connectivity index (χ0n) is 9.90. The van der Waals surface area contributed by atoms with Crippen LogP contribution in [0.2, 0.25) is 5.02 Å². The third-order valence-corrected chi connectivity index (χ3v) is 2.41. The third kappa shape index (κ3) is 5.02. The van der Waals surface area contributed by atoms with Crippen molar-refractivity contribution in [3.63, 3.8) is 0 Å². The predicted octanol–water partition coefficient (Wildman–Crippen LogP) is 2.98. The van der Waals surface area contributed by atoms with Gasteiger partial charge in [-0.2, -0.15) is 0 Å². The van der Waals surface area contributed by atoms with E-state index in [0.717, 1.165) is 5.56 Å². The molecule has 0 atom stereocenters. The number of esters is 1. The van der Waals surface area contributed by atoms with Crippen molar-refractivity contribution in [3.05, 3.63) is 46.5 Å². The fourth-order valence-corrected chi connectivity index (χ4v) is 1.44. The van der Waals surface area contributed by atoms with Crippen LogP contribution in [0.3, 0.4) is 0 Å². The number of carbonyl (C=O) groups excluding carboxylic acids is 1. The van der Waals surface area contributed by atoms with Crippen LogP contribution in [0.15, 0.2) is 35.9 Å². The van der Waals surface area contributed by atoms with E-state index in [2.05, 4.69) is 4.74 Å². The Morgan fingerprint density at radius 1 is 1.47 bits per heavy atom. The van der Waals surface area contributed by atoms with E-state index in [-0.39, 0.29) is 5.97 Å². The summed E-state index contributed by atoms with van der Waals surface area (Å²) < 4.78 is 9.96. The van der Waals surface area contributed by atoms with E-state index in [0.29, 0.717) is 23.8 Å². The molecular weight excluding hydrogens is 240 g/mol. The Kier molecular flexibility index (Phi) is 5.73. The molecule has 0 saturated carbocycles. The smallest absolute Gasteiger partial charge is 0.333 e. The molecule has 1 rings (SSSR count). The lowest BCUT2D eigenvalue weighted by molar-refractivity contribution is -0.136. The van der Waals surface area contributed by atoms with E-state index in [4.69, 9.17) is 16.3 Å². The highest BCUT2D eigenvalue weighted by Gasteiger charge is 2.01. The summed E-state index contributed by atoms with van der Waals surface area (Å²) in [5, 5.41) is 0.687. The minimum atomic E-state index is -0.337. The molecule has 0 aliphatic rings. The molecular formula is C13H15ClO3. The van der Waals surface area contributed by atoms with Crippen molar-refractivity contribution < 1.29 is 14.3 Å². The Morgan fingerprint density at radius 2 is 2.24 bits per heavy atom. The number of hydrogen-bond donors (Lipinski definition) is 0. The topological polar surface area (TPSA) is 35.5 Å². The first-order chi connectivity index (χ1) is 8.13. The summed E-state index contributed by atoms with van der Waals surface area (Å²) in [6.07, 6.45) is 1.69. The molecule has 0 aliphatic heterocycles. The highest BCUT2D eigenvalue weighted by molar-refractivity contribution is 6.30. The van der Waals surface area contributed by atoms with Gasteiger partial charge in [0.25, 0.3) is 0 Å².